The van der Waals surface area contributed by atoms with Crippen LogP contribution >= 0.6 is 0 Å². The molecule has 2 bridgehead atoms. The normalized spacial score (nSPS) is 26.6. The molecule has 3 aliphatic carbocycles. The lowest BCUT2D eigenvalue weighted by Crippen LogP contribution is -2.62. The summed E-state index contributed by atoms with van der Waals surface area (Å²) in [4.78, 5) is 38.5. The summed E-state index contributed by atoms with van der Waals surface area (Å²) in [5.41, 5.74) is 5.23. The van der Waals surface area contributed by atoms with Crippen molar-refractivity contribution in [2.75, 3.05) is 53.4 Å². The number of ether oxygens (including phenoxy) is 1. The molecule has 0 radical (unpaired) electrons. The highest BCUT2D eigenvalue weighted by Gasteiger charge is 2.57. The fraction of sp³-hybridized carbons (Fsp3) is 0.556. The third-order valence-electron chi connectivity index (χ3n) is 13.0. The van der Waals surface area contributed by atoms with E-state index in [1.807, 2.05) is 87.7 Å². The summed E-state index contributed by atoms with van der Waals surface area (Å²) in [6.07, 6.45) is 1.21. The van der Waals surface area contributed by atoms with Crippen LogP contribution < -0.4 is 20.3 Å². The number of likely N-dealkylation sites (N-methyl/N-ethyl adjacent to an activating group) is 1. The Kier molecular flexibility index (Phi) is 12.8. The average molecular weight is 770 g/mol. The summed E-state index contributed by atoms with van der Waals surface area (Å²) in [7, 11) is 9.49. The maximum absolute atomic E-state index is 14.3. The van der Waals surface area contributed by atoms with Crippen molar-refractivity contribution in [2.24, 2.45) is 29.1 Å². The standard InChI is InChI=1S/C45H63N5O6/c1-27-36-22-32(45(36,3)4)23-37(27)47-44(54)41-40(28(2)52)39(26-51)56-50(41)24-31-16-13-17-34(42(31)55-9)30-18-19-35(38(21-30)49(7)8)43(53)46-33(25-48(5)6)20-29-14-11-10-12-15-29/h10-19,21,27-28,32-33,36-37,39-41,51-52H,20,22-26H2,1-9H3,(H,46,53)(H,47,54)/t27-,28-,32+,33-,36+,37-,39-,40-,41-/m0/s1. The minimum atomic E-state index is -0.895. The van der Waals surface area contributed by atoms with Crippen molar-refractivity contribution in [2.45, 2.75) is 83.8 Å². The summed E-state index contributed by atoms with van der Waals surface area (Å²) in [5.74, 6) is 1.10. The number of methoxy groups -OCH3 is 1. The molecule has 0 spiro atoms. The Balaban J connectivity index is 1.25. The zero-order valence-corrected chi connectivity index (χ0v) is 34.7. The number of amides is 2. The first-order valence-electron chi connectivity index (χ1n) is 20.1. The Labute approximate surface area is 333 Å². The van der Waals surface area contributed by atoms with Crippen molar-refractivity contribution in [1.82, 2.24) is 20.6 Å². The van der Waals surface area contributed by atoms with Gasteiger partial charge in [-0.3, -0.25) is 14.4 Å². The van der Waals surface area contributed by atoms with E-state index in [4.69, 9.17) is 9.57 Å². The quantitative estimate of drug-likeness (QED) is 0.169. The lowest BCUT2D eigenvalue weighted by atomic mass is 9.45. The summed E-state index contributed by atoms with van der Waals surface area (Å²) < 4.78 is 6.08. The Hall–Kier alpha value is -4.00. The summed E-state index contributed by atoms with van der Waals surface area (Å²) in [5, 5.41) is 29.6. The zero-order valence-electron chi connectivity index (χ0n) is 34.7. The molecule has 4 fully saturated rings. The van der Waals surface area contributed by atoms with Crippen LogP contribution in [0.25, 0.3) is 11.1 Å². The van der Waals surface area contributed by atoms with E-state index in [0.29, 0.717) is 42.0 Å². The van der Waals surface area contributed by atoms with Crippen molar-refractivity contribution in [3.8, 4) is 16.9 Å². The van der Waals surface area contributed by atoms with Crippen LogP contribution in [0.2, 0.25) is 0 Å². The van der Waals surface area contributed by atoms with E-state index in [-0.39, 0.29) is 42.5 Å². The predicted octanol–water partition coefficient (Wildman–Crippen LogP) is 4.99. The molecule has 4 aliphatic rings. The molecular weight excluding hydrogens is 707 g/mol. The van der Waals surface area contributed by atoms with Crippen LogP contribution in [-0.2, 0) is 22.6 Å². The van der Waals surface area contributed by atoms with Crippen LogP contribution in [0.1, 0.15) is 62.0 Å². The van der Waals surface area contributed by atoms with Crippen LogP contribution in [0, 0.1) is 29.1 Å². The molecule has 3 aromatic rings. The molecule has 0 aromatic heterocycles. The van der Waals surface area contributed by atoms with Gasteiger partial charge in [-0.2, -0.15) is 5.06 Å². The topological polar surface area (TPSA) is 127 Å². The monoisotopic (exact) mass is 769 g/mol. The fourth-order valence-corrected chi connectivity index (χ4v) is 9.85. The van der Waals surface area contributed by atoms with E-state index in [1.165, 1.54) is 6.42 Å². The average Bonchev–Trinajstić information content (AvgIpc) is 3.53. The first kappa shape index (κ1) is 41.6. The van der Waals surface area contributed by atoms with Gasteiger partial charge in [0.1, 0.15) is 17.9 Å². The van der Waals surface area contributed by atoms with Gasteiger partial charge < -0.3 is 35.4 Å². The van der Waals surface area contributed by atoms with Gasteiger partial charge in [0.15, 0.2) is 0 Å². The first-order chi connectivity index (χ1) is 26.6. The number of aliphatic hydroxyl groups excluding tert-OH is 2. The third kappa shape index (κ3) is 8.48. The molecule has 1 aliphatic heterocycles. The number of fused-ring (bicyclic) bond motifs is 2. The number of carbonyl (C=O) groups excluding carboxylic acids is 2. The number of hydrogen-bond acceptors (Lipinski definition) is 9. The number of benzene rings is 3. The molecule has 0 unspecified atom stereocenters. The SMILES string of the molecule is COc1c(CN2O[C@@H](CO)[C@H]([C@H](C)O)[C@H]2C(=O)N[C@H]2C[C@H]3C[C@H]([C@@H]2C)C3(C)C)cccc1-c1ccc(C(=O)N[C@@H](Cc2ccccc2)CN(C)C)c(N(C)C)c1. The fourth-order valence-electron chi connectivity index (χ4n) is 9.85. The molecule has 9 atom stereocenters. The first-order valence-corrected chi connectivity index (χ1v) is 20.1. The van der Waals surface area contributed by atoms with E-state index in [9.17, 15) is 19.8 Å². The highest BCUT2D eigenvalue weighted by molar-refractivity contribution is 6.01. The zero-order chi connectivity index (χ0) is 40.5. The van der Waals surface area contributed by atoms with Gasteiger partial charge in [-0.1, -0.05) is 75.4 Å². The number of hydrogen-bond donors (Lipinski definition) is 4. The minimum Gasteiger partial charge on any atom is -0.496 e. The number of anilines is 1. The number of nitrogens with one attached hydrogen (secondary N) is 2. The summed E-state index contributed by atoms with van der Waals surface area (Å²) in [6, 6.07) is 21.0. The number of para-hydroxylation sites is 1. The van der Waals surface area contributed by atoms with E-state index in [0.717, 1.165) is 34.4 Å². The second kappa shape index (κ2) is 17.2. The smallest absolute Gasteiger partial charge is 0.253 e. The Bertz CT molecular complexity index is 1830. The van der Waals surface area contributed by atoms with Gasteiger partial charge in [0.2, 0.25) is 5.91 Å². The van der Waals surface area contributed by atoms with E-state index in [2.05, 4.69) is 48.4 Å². The Morgan fingerprint density at radius 3 is 2.38 bits per heavy atom. The largest absolute Gasteiger partial charge is 0.496 e. The molecule has 2 amide bonds. The van der Waals surface area contributed by atoms with E-state index >= 15 is 0 Å². The van der Waals surface area contributed by atoms with Gasteiger partial charge >= 0.3 is 0 Å². The Morgan fingerprint density at radius 2 is 1.77 bits per heavy atom. The highest BCUT2D eigenvalue weighted by Crippen LogP contribution is 2.61. The molecule has 1 saturated heterocycles. The van der Waals surface area contributed by atoms with Crippen molar-refractivity contribution in [3.05, 3.63) is 83.4 Å². The number of hydroxylamine groups is 2. The summed E-state index contributed by atoms with van der Waals surface area (Å²) in [6.45, 7) is 9.12. The van der Waals surface area contributed by atoms with Crippen molar-refractivity contribution < 1.29 is 29.4 Å². The second-order valence-electron chi connectivity index (χ2n) is 17.5. The lowest BCUT2D eigenvalue weighted by Gasteiger charge is -2.62. The lowest BCUT2D eigenvalue weighted by molar-refractivity contribution is -0.183. The number of nitrogens with zero attached hydrogens (tertiary/aromatic N) is 3. The van der Waals surface area contributed by atoms with E-state index < -0.39 is 24.2 Å². The van der Waals surface area contributed by atoms with E-state index in [1.54, 1.807) is 19.1 Å². The van der Waals surface area contributed by atoms with Crippen molar-refractivity contribution >= 4 is 17.5 Å². The third-order valence-corrected chi connectivity index (χ3v) is 13.0. The van der Waals surface area contributed by atoms with Gasteiger partial charge in [0, 0.05) is 55.5 Å². The molecule has 4 N–H and O–H groups in total. The molecule has 7 rings (SSSR count). The second-order valence-corrected chi connectivity index (χ2v) is 17.5. The van der Waals surface area contributed by atoms with Crippen LogP contribution in [0.3, 0.4) is 0 Å². The number of aliphatic hydroxyl groups is 2. The Morgan fingerprint density at radius 1 is 1.04 bits per heavy atom. The van der Waals surface area contributed by atoms with Crippen LogP contribution in [0.5, 0.6) is 5.75 Å². The molecule has 3 saturated carbocycles. The summed E-state index contributed by atoms with van der Waals surface area (Å²) >= 11 is 0. The van der Waals surface area contributed by atoms with Crippen LogP contribution in [-0.4, -0.2) is 111 Å². The van der Waals surface area contributed by atoms with Gasteiger partial charge in [0.25, 0.3) is 5.91 Å². The van der Waals surface area contributed by atoms with Crippen molar-refractivity contribution in [1.29, 1.82) is 0 Å². The molecular formula is C45H63N5O6. The van der Waals surface area contributed by atoms with Gasteiger partial charge in [0.05, 0.1) is 31.9 Å². The maximum atomic E-state index is 14.3. The number of rotatable bonds is 15. The van der Waals surface area contributed by atoms with Crippen molar-refractivity contribution in [3.63, 3.8) is 0 Å². The molecule has 56 heavy (non-hydrogen) atoms. The van der Waals surface area contributed by atoms with Gasteiger partial charge in [-0.05, 0) is 86.7 Å². The van der Waals surface area contributed by atoms with Crippen LogP contribution in [0.4, 0.5) is 5.69 Å². The minimum absolute atomic E-state index is 0.0421. The molecule has 11 nitrogen and oxygen atoms in total. The molecule has 304 valence electrons. The molecule has 3 aromatic carbocycles. The van der Waals surface area contributed by atoms with Crippen LogP contribution in [0.15, 0.2) is 66.7 Å². The van der Waals surface area contributed by atoms with Gasteiger partial charge in [-0.25, -0.2) is 0 Å². The highest BCUT2D eigenvalue weighted by atomic mass is 16.7. The predicted molar refractivity (Wildman–Crippen MR) is 220 cm³/mol. The van der Waals surface area contributed by atoms with Gasteiger partial charge in [-0.15, -0.1) is 0 Å². The molecule has 11 heteroatoms. The molecule has 1 heterocycles. The number of carbonyl (C=O) groups is 2. The maximum Gasteiger partial charge on any atom is 0.253 e.